The van der Waals surface area contributed by atoms with Crippen molar-refractivity contribution < 1.29 is 19.4 Å². The number of hydrogen-bond acceptors (Lipinski definition) is 4. The van der Waals surface area contributed by atoms with E-state index in [1.54, 1.807) is 31.2 Å². The van der Waals surface area contributed by atoms with Crippen LogP contribution in [0.5, 0.6) is 5.75 Å². The standard InChI is InChI=1S/C12H16O4/c1-3-16-12(14)8-11(15-2)9-4-6-10(13)7-5-9/h4-7,11,13H,3,8H2,1-2H3/t11-/m0/s1. The summed E-state index contributed by atoms with van der Waals surface area (Å²) in [6, 6.07) is 6.57. The molecule has 1 aromatic carbocycles. The molecule has 0 amide bonds. The number of rotatable bonds is 5. The monoisotopic (exact) mass is 224 g/mol. The Morgan fingerprint density at radius 1 is 1.38 bits per heavy atom. The smallest absolute Gasteiger partial charge is 0.308 e. The van der Waals surface area contributed by atoms with Gasteiger partial charge in [-0.25, -0.2) is 0 Å². The van der Waals surface area contributed by atoms with Gasteiger partial charge in [0, 0.05) is 7.11 Å². The van der Waals surface area contributed by atoms with Crippen molar-refractivity contribution in [3.05, 3.63) is 29.8 Å². The molecule has 0 aliphatic carbocycles. The average molecular weight is 224 g/mol. The number of aromatic hydroxyl groups is 1. The van der Waals surface area contributed by atoms with Crippen molar-refractivity contribution >= 4 is 5.97 Å². The van der Waals surface area contributed by atoms with Crippen LogP contribution in [0.4, 0.5) is 0 Å². The third-order valence-corrected chi connectivity index (χ3v) is 2.21. The van der Waals surface area contributed by atoms with E-state index in [1.807, 2.05) is 0 Å². The highest BCUT2D eigenvalue weighted by molar-refractivity contribution is 5.70. The van der Waals surface area contributed by atoms with E-state index < -0.39 is 0 Å². The van der Waals surface area contributed by atoms with Gasteiger partial charge < -0.3 is 14.6 Å². The first-order chi connectivity index (χ1) is 7.67. The zero-order chi connectivity index (χ0) is 12.0. The van der Waals surface area contributed by atoms with Crippen LogP contribution in [0.1, 0.15) is 25.0 Å². The summed E-state index contributed by atoms with van der Waals surface area (Å²) in [6.45, 7) is 2.13. The van der Waals surface area contributed by atoms with Crippen LogP contribution in [-0.4, -0.2) is 24.8 Å². The number of phenolic OH excluding ortho intramolecular Hbond substituents is 1. The van der Waals surface area contributed by atoms with Crippen molar-refractivity contribution in [2.75, 3.05) is 13.7 Å². The van der Waals surface area contributed by atoms with Gasteiger partial charge in [0.2, 0.25) is 0 Å². The van der Waals surface area contributed by atoms with Crippen LogP contribution in [0.3, 0.4) is 0 Å². The SMILES string of the molecule is CCOC(=O)C[C@H](OC)c1ccc(O)cc1. The molecule has 1 N–H and O–H groups in total. The van der Waals surface area contributed by atoms with E-state index in [2.05, 4.69) is 0 Å². The lowest BCUT2D eigenvalue weighted by atomic mass is 10.1. The molecule has 0 radical (unpaired) electrons. The van der Waals surface area contributed by atoms with Gasteiger partial charge in [0.1, 0.15) is 5.75 Å². The topological polar surface area (TPSA) is 55.8 Å². The van der Waals surface area contributed by atoms with Gasteiger partial charge in [-0.15, -0.1) is 0 Å². The highest BCUT2D eigenvalue weighted by Crippen LogP contribution is 2.22. The van der Waals surface area contributed by atoms with Crippen LogP contribution in [0, 0.1) is 0 Å². The van der Waals surface area contributed by atoms with Gasteiger partial charge in [-0.2, -0.15) is 0 Å². The van der Waals surface area contributed by atoms with Crippen LogP contribution >= 0.6 is 0 Å². The molecular weight excluding hydrogens is 208 g/mol. The summed E-state index contributed by atoms with van der Waals surface area (Å²) in [5, 5.41) is 9.14. The second-order valence-electron chi connectivity index (χ2n) is 3.33. The molecule has 4 nitrogen and oxygen atoms in total. The molecule has 1 atom stereocenters. The van der Waals surface area contributed by atoms with Crippen LogP contribution in [-0.2, 0) is 14.3 Å². The molecule has 0 aromatic heterocycles. The zero-order valence-electron chi connectivity index (χ0n) is 9.47. The Kier molecular flexibility index (Phi) is 4.79. The number of benzene rings is 1. The summed E-state index contributed by atoms with van der Waals surface area (Å²) < 4.78 is 10.1. The molecule has 1 rings (SSSR count). The molecule has 0 saturated heterocycles. The molecule has 0 bridgehead atoms. The van der Waals surface area contributed by atoms with E-state index in [9.17, 15) is 4.79 Å². The van der Waals surface area contributed by atoms with Gasteiger partial charge in [-0.05, 0) is 24.6 Å². The van der Waals surface area contributed by atoms with Gasteiger partial charge >= 0.3 is 5.97 Å². The maximum Gasteiger partial charge on any atom is 0.308 e. The number of hydrogen-bond donors (Lipinski definition) is 1. The fourth-order valence-corrected chi connectivity index (χ4v) is 1.40. The first-order valence-electron chi connectivity index (χ1n) is 5.14. The molecule has 0 saturated carbocycles. The molecule has 0 fully saturated rings. The third-order valence-electron chi connectivity index (χ3n) is 2.21. The van der Waals surface area contributed by atoms with E-state index >= 15 is 0 Å². The minimum Gasteiger partial charge on any atom is -0.508 e. The minimum atomic E-state index is -0.334. The van der Waals surface area contributed by atoms with Crippen molar-refractivity contribution in [3.63, 3.8) is 0 Å². The largest absolute Gasteiger partial charge is 0.508 e. The van der Waals surface area contributed by atoms with Crippen LogP contribution in [0.15, 0.2) is 24.3 Å². The summed E-state index contributed by atoms with van der Waals surface area (Å²) in [4.78, 5) is 11.3. The molecule has 1 aromatic rings. The van der Waals surface area contributed by atoms with Crippen molar-refractivity contribution in [1.82, 2.24) is 0 Å². The second-order valence-corrected chi connectivity index (χ2v) is 3.33. The first kappa shape index (κ1) is 12.5. The summed E-state index contributed by atoms with van der Waals surface area (Å²) in [5.41, 5.74) is 0.841. The van der Waals surface area contributed by atoms with Crippen molar-refractivity contribution in [1.29, 1.82) is 0 Å². The number of methoxy groups -OCH3 is 1. The molecule has 16 heavy (non-hydrogen) atoms. The maximum atomic E-state index is 11.3. The van der Waals surface area contributed by atoms with E-state index in [0.29, 0.717) is 6.61 Å². The normalized spacial score (nSPS) is 12.1. The number of carbonyl (C=O) groups is 1. The number of carbonyl (C=O) groups excluding carboxylic acids is 1. The minimum absolute atomic E-state index is 0.176. The lowest BCUT2D eigenvalue weighted by molar-refractivity contribution is -0.146. The van der Waals surface area contributed by atoms with Gasteiger partial charge in [0.25, 0.3) is 0 Å². The van der Waals surface area contributed by atoms with Crippen LogP contribution < -0.4 is 0 Å². The Hall–Kier alpha value is -1.55. The molecule has 0 heterocycles. The maximum absolute atomic E-state index is 11.3. The van der Waals surface area contributed by atoms with Gasteiger partial charge in [-0.3, -0.25) is 4.79 Å². The molecule has 0 spiro atoms. The fraction of sp³-hybridized carbons (Fsp3) is 0.417. The predicted molar refractivity (Wildman–Crippen MR) is 59.1 cm³/mol. The van der Waals surface area contributed by atoms with Crippen LogP contribution in [0.25, 0.3) is 0 Å². The zero-order valence-corrected chi connectivity index (χ0v) is 9.47. The molecule has 4 heteroatoms. The van der Waals surface area contributed by atoms with Crippen molar-refractivity contribution in [2.45, 2.75) is 19.4 Å². The molecule has 0 aliphatic rings. The van der Waals surface area contributed by atoms with E-state index in [1.165, 1.54) is 7.11 Å². The lowest BCUT2D eigenvalue weighted by Crippen LogP contribution is -2.11. The molecule has 0 unspecified atom stereocenters. The Morgan fingerprint density at radius 2 is 2.00 bits per heavy atom. The second kappa shape index (κ2) is 6.12. The van der Waals surface area contributed by atoms with Gasteiger partial charge in [0.15, 0.2) is 0 Å². The van der Waals surface area contributed by atoms with E-state index in [4.69, 9.17) is 14.6 Å². The predicted octanol–water partition coefficient (Wildman–Crippen LogP) is 2.03. The molecular formula is C12H16O4. The summed E-state index contributed by atoms with van der Waals surface area (Å²) >= 11 is 0. The average Bonchev–Trinajstić information content (AvgIpc) is 2.27. The van der Waals surface area contributed by atoms with E-state index in [-0.39, 0.29) is 24.2 Å². The number of phenols is 1. The highest BCUT2D eigenvalue weighted by Gasteiger charge is 2.15. The number of esters is 1. The van der Waals surface area contributed by atoms with Crippen molar-refractivity contribution in [3.8, 4) is 5.75 Å². The highest BCUT2D eigenvalue weighted by atomic mass is 16.5. The fourth-order valence-electron chi connectivity index (χ4n) is 1.40. The Bertz CT molecular complexity index is 331. The van der Waals surface area contributed by atoms with Gasteiger partial charge in [0.05, 0.1) is 19.1 Å². The third kappa shape index (κ3) is 3.55. The quantitative estimate of drug-likeness (QED) is 0.777. The van der Waals surface area contributed by atoms with Crippen molar-refractivity contribution in [2.24, 2.45) is 0 Å². The van der Waals surface area contributed by atoms with E-state index in [0.717, 1.165) is 5.56 Å². The molecule has 0 aliphatic heterocycles. The first-order valence-corrected chi connectivity index (χ1v) is 5.14. The van der Waals surface area contributed by atoms with Crippen LogP contribution in [0.2, 0.25) is 0 Å². The molecule has 88 valence electrons. The Balaban J connectivity index is 2.67. The summed E-state index contributed by atoms with van der Waals surface area (Å²) in [5.74, 6) is -0.0998. The lowest BCUT2D eigenvalue weighted by Gasteiger charge is -2.14. The Labute approximate surface area is 94.8 Å². The van der Waals surface area contributed by atoms with Gasteiger partial charge in [-0.1, -0.05) is 12.1 Å². The number of ether oxygens (including phenoxy) is 2. The Morgan fingerprint density at radius 3 is 2.50 bits per heavy atom. The summed E-state index contributed by atoms with van der Waals surface area (Å²) in [7, 11) is 1.54. The summed E-state index contributed by atoms with van der Waals surface area (Å²) in [6.07, 6.45) is -0.158.